The first-order valence-corrected chi connectivity index (χ1v) is 12.6. The number of nitrogens with one attached hydrogen (secondary N) is 2. The van der Waals surface area contributed by atoms with Crippen molar-refractivity contribution in [1.29, 1.82) is 0 Å². The number of morpholine rings is 1. The molecule has 0 spiro atoms. The van der Waals surface area contributed by atoms with E-state index in [9.17, 15) is 4.79 Å². The molecule has 184 valence electrons. The second kappa shape index (κ2) is 10.1. The maximum Gasteiger partial charge on any atom is 0.256 e. The predicted molar refractivity (Wildman–Crippen MR) is 142 cm³/mol. The van der Waals surface area contributed by atoms with Gasteiger partial charge in [0.15, 0.2) is 0 Å². The third kappa shape index (κ3) is 4.82. The van der Waals surface area contributed by atoms with E-state index >= 15 is 0 Å². The van der Waals surface area contributed by atoms with E-state index in [1.165, 1.54) is 12.0 Å². The van der Waals surface area contributed by atoms with Gasteiger partial charge in [-0.15, -0.1) is 0 Å². The molecular formula is C28H30N6O2. The summed E-state index contributed by atoms with van der Waals surface area (Å²) in [6.45, 7) is 6.99. The Balaban J connectivity index is 1.20. The minimum Gasteiger partial charge on any atom is -0.381 e. The summed E-state index contributed by atoms with van der Waals surface area (Å²) < 4.78 is 5.47. The second-order valence-electron chi connectivity index (χ2n) is 9.43. The molecule has 8 nitrogen and oxygen atoms in total. The minimum atomic E-state index is -0.132. The average Bonchev–Trinajstić information content (AvgIpc) is 2.89. The summed E-state index contributed by atoms with van der Waals surface area (Å²) in [4.78, 5) is 26.9. The van der Waals surface area contributed by atoms with Crippen molar-refractivity contribution in [3.63, 3.8) is 0 Å². The third-order valence-corrected chi connectivity index (χ3v) is 6.98. The molecule has 2 N–H and O–H groups in total. The molecule has 2 fully saturated rings. The van der Waals surface area contributed by atoms with Crippen molar-refractivity contribution in [3.05, 3.63) is 72.2 Å². The Hall–Kier alpha value is -3.75. The number of pyridine rings is 2. The molecule has 0 radical (unpaired) electrons. The van der Waals surface area contributed by atoms with E-state index in [2.05, 4.69) is 48.6 Å². The number of hydrogen-bond acceptors (Lipinski definition) is 7. The van der Waals surface area contributed by atoms with Crippen LogP contribution in [0.2, 0.25) is 0 Å². The quantitative estimate of drug-likeness (QED) is 0.555. The highest BCUT2D eigenvalue weighted by Crippen LogP contribution is 2.33. The Kier molecular flexibility index (Phi) is 6.36. The molecule has 1 amide bonds. The molecule has 3 aliphatic rings. The Morgan fingerprint density at radius 2 is 1.89 bits per heavy atom. The predicted octanol–water partition coefficient (Wildman–Crippen LogP) is 3.63. The number of carbonyl (C=O) groups is 1. The van der Waals surface area contributed by atoms with Crippen LogP contribution in [0, 0.1) is 0 Å². The number of fused-ring (bicyclic) bond motifs is 1. The Morgan fingerprint density at radius 1 is 1.00 bits per heavy atom. The lowest BCUT2D eigenvalue weighted by molar-refractivity contribution is -0.111. The van der Waals surface area contributed by atoms with Crippen molar-refractivity contribution in [2.75, 3.05) is 61.5 Å². The van der Waals surface area contributed by atoms with Crippen LogP contribution in [0.4, 0.5) is 17.2 Å². The molecule has 36 heavy (non-hydrogen) atoms. The van der Waals surface area contributed by atoms with Gasteiger partial charge in [0.25, 0.3) is 5.91 Å². The molecule has 2 saturated heterocycles. The number of nitrogens with zero attached hydrogens (tertiary/aromatic N) is 4. The largest absolute Gasteiger partial charge is 0.381 e. The third-order valence-electron chi connectivity index (χ3n) is 6.98. The highest BCUT2D eigenvalue weighted by Gasteiger charge is 2.21. The highest BCUT2D eigenvalue weighted by atomic mass is 16.5. The van der Waals surface area contributed by atoms with E-state index in [1.807, 2.05) is 36.7 Å². The summed E-state index contributed by atoms with van der Waals surface area (Å²) in [6, 6.07) is 12.3. The Labute approximate surface area is 211 Å². The van der Waals surface area contributed by atoms with E-state index < -0.39 is 0 Å². The summed E-state index contributed by atoms with van der Waals surface area (Å²) in [5.41, 5.74) is 6.45. The van der Waals surface area contributed by atoms with Crippen molar-refractivity contribution in [2.24, 2.45) is 0 Å². The van der Waals surface area contributed by atoms with Gasteiger partial charge in [-0.2, -0.15) is 0 Å². The molecule has 0 aliphatic carbocycles. The molecule has 3 aliphatic heterocycles. The molecule has 0 saturated carbocycles. The molecule has 1 aromatic carbocycles. The fourth-order valence-electron chi connectivity index (χ4n) is 4.83. The molecule has 6 rings (SSSR count). The van der Waals surface area contributed by atoms with Gasteiger partial charge in [-0.05, 0) is 47.9 Å². The average molecular weight is 483 g/mol. The second-order valence-corrected chi connectivity index (χ2v) is 9.43. The summed E-state index contributed by atoms with van der Waals surface area (Å²) in [5.74, 6) is 0.826. The van der Waals surface area contributed by atoms with Crippen molar-refractivity contribution >= 4 is 28.7 Å². The van der Waals surface area contributed by atoms with Crippen LogP contribution in [0.5, 0.6) is 0 Å². The van der Waals surface area contributed by atoms with E-state index in [4.69, 9.17) is 4.74 Å². The number of rotatable bonds is 6. The molecule has 0 atom stereocenters. The summed E-state index contributed by atoms with van der Waals surface area (Å²) in [6.07, 6.45) is 8.69. The zero-order valence-electron chi connectivity index (χ0n) is 20.2. The lowest BCUT2D eigenvalue weighted by Gasteiger charge is -2.31. The fraction of sp³-hybridized carbons (Fsp3) is 0.321. The van der Waals surface area contributed by atoms with Crippen molar-refractivity contribution < 1.29 is 9.53 Å². The van der Waals surface area contributed by atoms with Gasteiger partial charge in [-0.1, -0.05) is 12.1 Å². The van der Waals surface area contributed by atoms with Crippen LogP contribution in [0.1, 0.15) is 17.5 Å². The molecule has 0 unspecified atom stereocenters. The van der Waals surface area contributed by atoms with Gasteiger partial charge in [0, 0.05) is 74.0 Å². The Bertz CT molecular complexity index is 1280. The lowest BCUT2D eigenvalue weighted by Crippen LogP contribution is -2.37. The minimum absolute atomic E-state index is 0.132. The van der Waals surface area contributed by atoms with Crippen molar-refractivity contribution in [2.45, 2.75) is 13.0 Å². The number of benzene rings is 1. The van der Waals surface area contributed by atoms with Gasteiger partial charge in [0.05, 0.1) is 25.1 Å². The maximum atomic E-state index is 13.3. The maximum absolute atomic E-state index is 13.3. The molecule has 8 heteroatoms. The molecule has 3 aromatic rings. The normalized spacial score (nSPS) is 17.4. The van der Waals surface area contributed by atoms with Crippen molar-refractivity contribution in [1.82, 2.24) is 14.9 Å². The molecule has 0 bridgehead atoms. The van der Waals surface area contributed by atoms with E-state index in [1.54, 1.807) is 6.20 Å². The number of hydrogen-bond donors (Lipinski definition) is 2. The van der Waals surface area contributed by atoms with E-state index in [0.717, 1.165) is 74.1 Å². The number of aromatic nitrogens is 2. The van der Waals surface area contributed by atoms with Crippen LogP contribution < -0.4 is 15.5 Å². The van der Waals surface area contributed by atoms with Gasteiger partial charge in [-0.3, -0.25) is 14.7 Å². The van der Waals surface area contributed by atoms with Gasteiger partial charge in [0.1, 0.15) is 5.82 Å². The van der Waals surface area contributed by atoms with Crippen LogP contribution in [0.25, 0.3) is 16.7 Å². The monoisotopic (exact) mass is 482 g/mol. The Morgan fingerprint density at radius 3 is 2.67 bits per heavy atom. The highest BCUT2D eigenvalue weighted by molar-refractivity contribution is 6.27. The van der Waals surface area contributed by atoms with Crippen molar-refractivity contribution in [3.8, 4) is 11.1 Å². The van der Waals surface area contributed by atoms with Crippen LogP contribution in [0.15, 0.2) is 61.1 Å². The summed E-state index contributed by atoms with van der Waals surface area (Å²) in [5, 5.41) is 6.40. The SMILES string of the molecule is O=C(Nc1ccc(N2CCC2)nc1)C1=CCNc2ccc(-c3cncc(CN4CCOCC4)c3)cc21. The van der Waals surface area contributed by atoms with Gasteiger partial charge < -0.3 is 20.3 Å². The van der Waals surface area contributed by atoms with E-state index in [-0.39, 0.29) is 5.91 Å². The first-order chi connectivity index (χ1) is 17.7. The topological polar surface area (TPSA) is 82.6 Å². The first-order valence-electron chi connectivity index (χ1n) is 12.6. The smallest absolute Gasteiger partial charge is 0.256 e. The van der Waals surface area contributed by atoms with Gasteiger partial charge in [-0.25, -0.2) is 4.98 Å². The standard InChI is InChI=1S/C28H30N6O2/c35-28(32-23-3-5-27(31-18-23)34-8-1-9-34)24-6-7-30-26-4-2-21(15-25(24)26)22-14-20(16-29-17-22)19-33-10-12-36-13-11-33/h2-6,14-18,30H,1,7-13,19H2,(H,32,35). The molecule has 5 heterocycles. The van der Waals surface area contributed by atoms with Gasteiger partial charge in [0.2, 0.25) is 0 Å². The number of anilines is 3. The number of carbonyl (C=O) groups excluding carboxylic acids is 1. The summed E-state index contributed by atoms with van der Waals surface area (Å²) >= 11 is 0. The summed E-state index contributed by atoms with van der Waals surface area (Å²) in [7, 11) is 0. The first kappa shape index (κ1) is 22.7. The van der Waals surface area contributed by atoms with Crippen LogP contribution in [-0.4, -0.2) is 66.7 Å². The number of amides is 1. The van der Waals surface area contributed by atoms with Gasteiger partial charge >= 0.3 is 0 Å². The lowest BCUT2D eigenvalue weighted by atomic mass is 9.95. The van der Waals surface area contributed by atoms with E-state index in [0.29, 0.717) is 17.8 Å². The van der Waals surface area contributed by atoms with Crippen LogP contribution in [-0.2, 0) is 16.1 Å². The van der Waals surface area contributed by atoms with Crippen LogP contribution >= 0.6 is 0 Å². The zero-order chi connectivity index (χ0) is 24.3. The number of ether oxygens (including phenoxy) is 1. The molecular weight excluding hydrogens is 452 g/mol. The fourth-order valence-corrected chi connectivity index (χ4v) is 4.83. The van der Waals surface area contributed by atoms with Crippen LogP contribution in [0.3, 0.4) is 0 Å². The zero-order valence-corrected chi connectivity index (χ0v) is 20.2. The molecule has 2 aromatic heterocycles.